The van der Waals surface area contributed by atoms with Crippen molar-refractivity contribution < 1.29 is 19.1 Å². The van der Waals surface area contributed by atoms with Crippen molar-refractivity contribution in [2.24, 2.45) is 5.92 Å². The lowest BCUT2D eigenvalue weighted by atomic mass is 9.98. The van der Waals surface area contributed by atoms with Gasteiger partial charge in [-0.1, -0.05) is 6.92 Å². The smallest absolute Gasteiger partial charge is 0.317 e. The predicted octanol–water partition coefficient (Wildman–Crippen LogP) is 0.0977. The lowest BCUT2D eigenvalue weighted by molar-refractivity contribution is -0.148. The quantitative estimate of drug-likeness (QED) is 0.342. The molecular formula is C8H10O4. The van der Waals surface area contributed by atoms with E-state index in [1.165, 1.54) is 0 Å². The molecule has 1 atom stereocenters. The number of cyclic esters (lactones) is 1. The van der Waals surface area contributed by atoms with Crippen molar-refractivity contribution >= 4 is 17.5 Å². The monoisotopic (exact) mass is 170 g/mol. The fourth-order valence-electron chi connectivity index (χ4n) is 1.10. The van der Waals surface area contributed by atoms with E-state index in [1.54, 1.807) is 6.92 Å². The zero-order valence-corrected chi connectivity index (χ0v) is 6.83. The molecule has 0 amide bonds. The summed E-state index contributed by atoms with van der Waals surface area (Å²) in [5, 5.41) is 0. The molecule has 0 aromatic carbocycles. The van der Waals surface area contributed by atoms with Gasteiger partial charge in [-0.05, 0) is 0 Å². The summed E-state index contributed by atoms with van der Waals surface area (Å²) in [7, 11) is 0. The molecule has 0 radical (unpaired) electrons. The molecule has 1 aliphatic rings. The zero-order valence-electron chi connectivity index (χ0n) is 6.83. The lowest BCUT2D eigenvalue weighted by Crippen LogP contribution is -2.26. The van der Waals surface area contributed by atoms with Gasteiger partial charge in [-0.2, -0.15) is 0 Å². The van der Waals surface area contributed by atoms with Crippen LogP contribution in [0.25, 0.3) is 0 Å². The van der Waals surface area contributed by atoms with Gasteiger partial charge in [-0.3, -0.25) is 14.4 Å². The molecule has 1 heterocycles. The Morgan fingerprint density at radius 2 is 2.25 bits per heavy atom. The highest BCUT2D eigenvalue weighted by molar-refractivity contribution is 6.41. The summed E-state index contributed by atoms with van der Waals surface area (Å²) >= 11 is 0. The predicted molar refractivity (Wildman–Crippen MR) is 39.4 cm³/mol. The largest absolute Gasteiger partial charge is 0.465 e. The van der Waals surface area contributed by atoms with Gasteiger partial charge in [0.2, 0.25) is 5.78 Å². The molecule has 0 N–H and O–H groups in total. The summed E-state index contributed by atoms with van der Waals surface area (Å²) in [6.45, 7) is 1.85. The van der Waals surface area contributed by atoms with Gasteiger partial charge in [0.05, 0.1) is 6.61 Å². The van der Waals surface area contributed by atoms with Gasteiger partial charge in [0.15, 0.2) is 5.78 Å². The van der Waals surface area contributed by atoms with Crippen LogP contribution in [-0.2, 0) is 19.1 Å². The summed E-state index contributed by atoms with van der Waals surface area (Å²) in [6, 6.07) is 0. The third-order valence-electron chi connectivity index (χ3n) is 1.85. The van der Waals surface area contributed by atoms with Crippen LogP contribution in [0.15, 0.2) is 0 Å². The standard InChI is InChI=1S/C8H10O4/c1-2-6(9)7(10)5-3-4-12-8(5)11/h5H,2-4H2,1H3. The number of hydrogen-bond donors (Lipinski definition) is 0. The Morgan fingerprint density at radius 1 is 1.58 bits per heavy atom. The van der Waals surface area contributed by atoms with Crippen molar-refractivity contribution in [1.29, 1.82) is 0 Å². The van der Waals surface area contributed by atoms with Gasteiger partial charge >= 0.3 is 5.97 Å². The Labute approximate surface area is 69.9 Å². The van der Waals surface area contributed by atoms with Gasteiger partial charge in [-0.15, -0.1) is 0 Å². The van der Waals surface area contributed by atoms with E-state index in [2.05, 4.69) is 4.74 Å². The average Bonchev–Trinajstić information content (AvgIpc) is 2.48. The topological polar surface area (TPSA) is 60.4 Å². The van der Waals surface area contributed by atoms with E-state index in [9.17, 15) is 14.4 Å². The van der Waals surface area contributed by atoms with Gasteiger partial charge in [0, 0.05) is 12.8 Å². The highest BCUT2D eigenvalue weighted by Gasteiger charge is 2.35. The molecule has 1 aliphatic heterocycles. The highest BCUT2D eigenvalue weighted by atomic mass is 16.5. The van der Waals surface area contributed by atoms with Crippen molar-refractivity contribution in [2.75, 3.05) is 6.61 Å². The Kier molecular flexibility index (Phi) is 2.58. The van der Waals surface area contributed by atoms with Crippen molar-refractivity contribution in [1.82, 2.24) is 0 Å². The number of carbonyl (C=O) groups is 3. The molecule has 1 rings (SSSR count). The van der Waals surface area contributed by atoms with E-state index in [0.29, 0.717) is 6.42 Å². The number of rotatable bonds is 3. The van der Waals surface area contributed by atoms with Gasteiger partial charge in [0.1, 0.15) is 5.92 Å². The third-order valence-corrected chi connectivity index (χ3v) is 1.85. The Balaban J connectivity index is 2.63. The van der Waals surface area contributed by atoms with E-state index in [1.807, 2.05) is 0 Å². The molecule has 0 bridgehead atoms. The molecule has 12 heavy (non-hydrogen) atoms. The average molecular weight is 170 g/mol. The summed E-state index contributed by atoms with van der Waals surface area (Å²) < 4.78 is 4.57. The van der Waals surface area contributed by atoms with Crippen LogP contribution >= 0.6 is 0 Å². The number of Topliss-reactive ketones (excluding diaryl/α,β-unsaturated/α-hetero) is 2. The number of esters is 1. The van der Waals surface area contributed by atoms with E-state index in [4.69, 9.17) is 0 Å². The Hall–Kier alpha value is -1.19. The minimum absolute atomic E-state index is 0.155. The fraction of sp³-hybridized carbons (Fsp3) is 0.625. The van der Waals surface area contributed by atoms with Crippen LogP contribution < -0.4 is 0 Å². The summed E-state index contributed by atoms with van der Waals surface area (Å²) in [4.78, 5) is 32.9. The highest BCUT2D eigenvalue weighted by Crippen LogP contribution is 2.15. The van der Waals surface area contributed by atoms with Crippen molar-refractivity contribution in [3.63, 3.8) is 0 Å². The van der Waals surface area contributed by atoms with Crippen LogP contribution in [0, 0.1) is 5.92 Å². The molecule has 1 unspecified atom stereocenters. The molecule has 66 valence electrons. The summed E-state index contributed by atoms with van der Waals surface area (Å²) in [6.07, 6.45) is 0.506. The third kappa shape index (κ3) is 1.52. The maximum atomic E-state index is 11.1. The van der Waals surface area contributed by atoms with Crippen LogP contribution in [0.1, 0.15) is 19.8 Å². The minimum atomic E-state index is -0.822. The first kappa shape index (κ1) is 8.90. The first-order chi connectivity index (χ1) is 5.66. The second kappa shape index (κ2) is 3.47. The van der Waals surface area contributed by atoms with Crippen LogP contribution in [-0.4, -0.2) is 24.1 Å². The minimum Gasteiger partial charge on any atom is -0.465 e. The van der Waals surface area contributed by atoms with Crippen LogP contribution in [0.4, 0.5) is 0 Å². The SMILES string of the molecule is CCC(=O)C(=O)C1CCOC1=O. The maximum Gasteiger partial charge on any atom is 0.317 e. The van der Waals surface area contributed by atoms with Crippen molar-refractivity contribution in [2.45, 2.75) is 19.8 Å². The van der Waals surface area contributed by atoms with Crippen molar-refractivity contribution in [3.05, 3.63) is 0 Å². The molecule has 1 saturated heterocycles. The van der Waals surface area contributed by atoms with Gasteiger partial charge < -0.3 is 4.74 Å². The number of ether oxygens (including phenoxy) is 1. The Morgan fingerprint density at radius 3 is 2.67 bits per heavy atom. The second-order valence-corrected chi connectivity index (χ2v) is 2.65. The van der Waals surface area contributed by atoms with Crippen molar-refractivity contribution in [3.8, 4) is 0 Å². The summed E-state index contributed by atoms with van der Waals surface area (Å²) in [5.41, 5.74) is 0. The first-order valence-electron chi connectivity index (χ1n) is 3.90. The number of ketones is 2. The molecule has 1 fully saturated rings. The fourth-order valence-corrected chi connectivity index (χ4v) is 1.10. The lowest BCUT2D eigenvalue weighted by Gasteiger charge is -2.00. The van der Waals surface area contributed by atoms with Crippen LogP contribution in [0.5, 0.6) is 0 Å². The van der Waals surface area contributed by atoms with E-state index < -0.39 is 23.5 Å². The van der Waals surface area contributed by atoms with E-state index in [0.717, 1.165) is 0 Å². The molecule has 4 heteroatoms. The normalized spacial score (nSPS) is 22.1. The van der Waals surface area contributed by atoms with Gasteiger partial charge in [-0.25, -0.2) is 0 Å². The number of hydrogen-bond acceptors (Lipinski definition) is 4. The Bertz CT molecular complexity index is 231. The molecule has 0 aromatic heterocycles. The van der Waals surface area contributed by atoms with E-state index >= 15 is 0 Å². The maximum absolute atomic E-state index is 11.1. The van der Waals surface area contributed by atoms with Crippen LogP contribution in [0.3, 0.4) is 0 Å². The number of carbonyl (C=O) groups excluding carboxylic acids is 3. The second-order valence-electron chi connectivity index (χ2n) is 2.65. The van der Waals surface area contributed by atoms with Crippen LogP contribution in [0.2, 0.25) is 0 Å². The molecule has 4 nitrogen and oxygen atoms in total. The zero-order chi connectivity index (χ0) is 9.14. The molecule has 0 saturated carbocycles. The molecular weight excluding hydrogens is 160 g/mol. The summed E-state index contributed by atoms with van der Waals surface area (Å²) in [5.74, 6) is -2.46. The first-order valence-corrected chi connectivity index (χ1v) is 3.90. The molecule has 0 aliphatic carbocycles. The molecule has 0 aromatic rings. The van der Waals surface area contributed by atoms with E-state index in [-0.39, 0.29) is 13.0 Å². The molecule has 0 spiro atoms. The van der Waals surface area contributed by atoms with Gasteiger partial charge in [0.25, 0.3) is 0 Å².